The molecular formula is C13H13ClFNO5S. The van der Waals surface area contributed by atoms with Crippen LogP contribution in [-0.4, -0.2) is 25.1 Å². The number of aliphatic hydroxyl groups excluding tert-OH is 1. The van der Waals surface area contributed by atoms with Crippen LogP contribution in [-0.2, 0) is 25.2 Å². The van der Waals surface area contributed by atoms with E-state index in [1.165, 1.54) is 26.0 Å². The molecule has 120 valence electrons. The van der Waals surface area contributed by atoms with Crippen LogP contribution in [0.15, 0.2) is 29.8 Å². The second-order valence-corrected chi connectivity index (χ2v) is 7.19. The Bertz CT molecular complexity index is 777. The van der Waals surface area contributed by atoms with Gasteiger partial charge in [-0.1, -0.05) is 17.7 Å². The zero-order valence-electron chi connectivity index (χ0n) is 11.7. The number of carbonyl (C=O) groups is 1. The van der Waals surface area contributed by atoms with E-state index >= 15 is 0 Å². The number of sulfonamides is 1. The van der Waals surface area contributed by atoms with Crippen LogP contribution in [0.3, 0.4) is 0 Å². The van der Waals surface area contributed by atoms with Gasteiger partial charge in [0.15, 0.2) is 5.60 Å². The van der Waals surface area contributed by atoms with E-state index in [1.807, 2.05) is 4.72 Å². The van der Waals surface area contributed by atoms with Crippen molar-refractivity contribution in [2.45, 2.75) is 19.4 Å². The Hall–Kier alpha value is -1.80. The number of Topliss-reactive ketones (excluding diaryl/α,β-unsaturated/α-hetero) is 1. The Morgan fingerprint density at radius 3 is 2.64 bits per heavy atom. The topological polar surface area (TPSA) is 92.7 Å². The van der Waals surface area contributed by atoms with Gasteiger partial charge >= 0.3 is 0 Å². The summed E-state index contributed by atoms with van der Waals surface area (Å²) in [6.45, 7) is 2.67. The minimum absolute atomic E-state index is 0.0941. The number of benzene rings is 1. The lowest BCUT2D eigenvalue weighted by atomic mass is 9.91. The van der Waals surface area contributed by atoms with Crippen molar-refractivity contribution in [1.82, 2.24) is 4.72 Å². The second-order valence-electron chi connectivity index (χ2n) is 4.78. The lowest BCUT2D eigenvalue weighted by Gasteiger charge is -2.23. The highest BCUT2D eigenvalue weighted by atomic mass is 35.5. The van der Waals surface area contributed by atoms with Crippen LogP contribution in [0.1, 0.15) is 19.4 Å². The smallest absolute Gasteiger partial charge is 0.250 e. The van der Waals surface area contributed by atoms with Gasteiger partial charge in [-0.25, -0.2) is 12.8 Å². The summed E-state index contributed by atoms with van der Waals surface area (Å²) in [4.78, 5) is 12.2. The molecule has 1 aromatic carbocycles. The largest absolute Gasteiger partial charge is 0.501 e. The molecular weight excluding hydrogens is 337 g/mol. The van der Waals surface area contributed by atoms with Gasteiger partial charge in [0, 0.05) is 5.56 Å². The van der Waals surface area contributed by atoms with Gasteiger partial charge in [0.25, 0.3) is 5.78 Å². The molecule has 0 amide bonds. The molecule has 0 spiro atoms. The first kappa shape index (κ1) is 16.6. The SMILES string of the molecule is CCS(=O)(=O)NC1=C(O)C(=O)C(C)(c2ccc(Cl)c(F)c2)O1. The Morgan fingerprint density at radius 2 is 2.09 bits per heavy atom. The quantitative estimate of drug-likeness (QED) is 0.866. The molecule has 0 saturated carbocycles. The maximum atomic E-state index is 13.6. The fraction of sp³-hybridized carbons (Fsp3) is 0.308. The Labute approximate surface area is 131 Å². The number of carbonyl (C=O) groups excluding carboxylic acids is 1. The average Bonchev–Trinajstić information content (AvgIpc) is 2.67. The molecule has 2 N–H and O–H groups in total. The standard InChI is InChI=1S/C13H13ClFNO5S/c1-3-22(19,20)16-12-10(17)11(18)13(2,21-12)7-4-5-8(14)9(15)6-7/h4-6,16-17H,3H2,1-2H3. The molecule has 22 heavy (non-hydrogen) atoms. The maximum absolute atomic E-state index is 13.6. The minimum atomic E-state index is -3.75. The van der Waals surface area contributed by atoms with Crippen molar-refractivity contribution < 1.29 is 27.4 Å². The molecule has 1 unspecified atom stereocenters. The van der Waals surface area contributed by atoms with Gasteiger partial charge in [-0.15, -0.1) is 0 Å². The summed E-state index contributed by atoms with van der Waals surface area (Å²) in [6.07, 6.45) is 0. The van der Waals surface area contributed by atoms with Crippen molar-refractivity contribution in [2.24, 2.45) is 0 Å². The molecule has 1 atom stereocenters. The van der Waals surface area contributed by atoms with Crippen LogP contribution in [0.2, 0.25) is 5.02 Å². The van der Waals surface area contributed by atoms with Crippen LogP contribution >= 0.6 is 11.6 Å². The summed E-state index contributed by atoms with van der Waals surface area (Å²) in [5.41, 5.74) is -1.65. The summed E-state index contributed by atoms with van der Waals surface area (Å²) in [5, 5.41) is 9.66. The molecule has 6 nitrogen and oxygen atoms in total. The Morgan fingerprint density at radius 1 is 1.45 bits per heavy atom. The molecule has 0 radical (unpaired) electrons. The van der Waals surface area contributed by atoms with Gasteiger partial charge in [-0.2, -0.15) is 0 Å². The number of ether oxygens (including phenoxy) is 1. The highest BCUT2D eigenvalue weighted by Crippen LogP contribution is 2.38. The van der Waals surface area contributed by atoms with Gasteiger partial charge < -0.3 is 9.84 Å². The third-order valence-corrected chi connectivity index (χ3v) is 4.83. The fourth-order valence-corrected chi connectivity index (χ4v) is 2.58. The summed E-state index contributed by atoms with van der Waals surface area (Å²) in [6, 6.07) is 3.58. The molecule has 9 heteroatoms. The van der Waals surface area contributed by atoms with E-state index < -0.39 is 38.9 Å². The van der Waals surface area contributed by atoms with Gasteiger partial charge in [-0.05, 0) is 26.0 Å². The third kappa shape index (κ3) is 2.76. The van der Waals surface area contributed by atoms with E-state index in [0.717, 1.165) is 6.07 Å². The van der Waals surface area contributed by atoms with E-state index in [0.29, 0.717) is 0 Å². The lowest BCUT2D eigenvalue weighted by Crippen LogP contribution is -2.32. The number of halogens is 2. The fourth-order valence-electron chi connectivity index (χ4n) is 1.89. The molecule has 0 bridgehead atoms. The van der Waals surface area contributed by atoms with E-state index in [2.05, 4.69) is 0 Å². The van der Waals surface area contributed by atoms with Crippen molar-refractivity contribution in [1.29, 1.82) is 0 Å². The first-order valence-corrected chi connectivity index (χ1v) is 8.27. The predicted octanol–water partition coefficient (Wildman–Crippen LogP) is 1.96. The van der Waals surface area contributed by atoms with E-state index in [9.17, 15) is 22.7 Å². The minimum Gasteiger partial charge on any atom is -0.501 e. The van der Waals surface area contributed by atoms with Crippen molar-refractivity contribution in [3.63, 3.8) is 0 Å². The number of ketones is 1. The Kier molecular flexibility index (Phi) is 4.09. The molecule has 0 fully saturated rings. The first-order chi connectivity index (χ1) is 10.1. The zero-order chi connectivity index (χ0) is 16.7. The molecule has 1 aliphatic heterocycles. The van der Waals surface area contributed by atoms with Crippen LogP contribution in [0.4, 0.5) is 4.39 Å². The van der Waals surface area contributed by atoms with Crippen LogP contribution < -0.4 is 4.72 Å². The van der Waals surface area contributed by atoms with E-state index in [1.54, 1.807) is 0 Å². The molecule has 0 aromatic heterocycles. The number of hydrogen-bond donors (Lipinski definition) is 2. The maximum Gasteiger partial charge on any atom is 0.250 e. The van der Waals surface area contributed by atoms with Crippen molar-refractivity contribution in [3.8, 4) is 0 Å². The zero-order valence-corrected chi connectivity index (χ0v) is 13.3. The summed E-state index contributed by atoms with van der Waals surface area (Å²) < 4.78 is 43.9. The normalized spacial score (nSPS) is 21.9. The van der Waals surface area contributed by atoms with Crippen molar-refractivity contribution in [3.05, 3.63) is 46.2 Å². The third-order valence-electron chi connectivity index (χ3n) is 3.27. The molecule has 1 heterocycles. The number of nitrogens with one attached hydrogen (secondary N) is 1. The van der Waals surface area contributed by atoms with Gasteiger partial charge in [0.05, 0.1) is 10.8 Å². The van der Waals surface area contributed by atoms with Gasteiger partial charge in [-0.3, -0.25) is 9.52 Å². The Balaban J connectivity index is 2.40. The van der Waals surface area contributed by atoms with Crippen LogP contribution in [0.5, 0.6) is 0 Å². The van der Waals surface area contributed by atoms with Crippen LogP contribution in [0.25, 0.3) is 0 Å². The monoisotopic (exact) mass is 349 g/mol. The highest BCUT2D eigenvalue weighted by Gasteiger charge is 2.48. The average molecular weight is 350 g/mol. The second kappa shape index (κ2) is 5.44. The number of hydrogen-bond acceptors (Lipinski definition) is 5. The van der Waals surface area contributed by atoms with Crippen molar-refractivity contribution >= 4 is 27.4 Å². The number of rotatable bonds is 4. The molecule has 0 saturated heterocycles. The first-order valence-electron chi connectivity index (χ1n) is 6.24. The highest BCUT2D eigenvalue weighted by molar-refractivity contribution is 7.89. The predicted molar refractivity (Wildman–Crippen MR) is 77.1 cm³/mol. The van der Waals surface area contributed by atoms with Gasteiger partial charge in [0.1, 0.15) is 5.82 Å². The molecule has 1 aromatic rings. The molecule has 2 rings (SSSR count). The summed E-state index contributed by atoms with van der Waals surface area (Å²) >= 11 is 5.58. The van der Waals surface area contributed by atoms with Crippen LogP contribution in [0, 0.1) is 5.82 Å². The molecule has 1 aliphatic rings. The van der Waals surface area contributed by atoms with Crippen molar-refractivity contribution in [2.75, 3.05) is 5.75 Å². The lowest BCUT2D eigenvalue weighted by molar-refractivity contribution is -0.131. The number of aliphatic hydroxyl groups is 1. The van der Waals surface area contributed by atoms with E-state index in [4.69, 9.17) is 16.3 Å². The summed E-state index contributed by atoms with van der Waals surface area (Å²) in [7, 11) is -3.75. The summed E-state index contributed by atoms with van der Waals surface area (Å²) in [5.74, 6) is -3.37. The van der Waals surface area contributed by atoms with E-state index in [-0.39, 0.29) is 16.3 Å². The molecule has 0 aliphatic carbocycles. The van der Waals surface area contributed by atoms with Gasteiger partial charge in [0.2, 0.25) is 21.7 Å².